The lowest BCUT2D eigenvalue weighted by Gasteiger charge is -2.18. The summed E-state index contributed by atoms with van der Waals surface area (Å²) in [6.07, 6.45) is -6.71. The largest absolute Gasteiger partial charge is 0.456 e. The molecule has 0 bridgehead atoms. The number of rotatable bonds is 8. The molecule has 0 saturated carbocycles. The van der Waals surface area contributed by atoms with Crippen molar-refractivity contribution in [2.24, 2.45) is 0 Å². The summed E-state index contributed by atoms with van der Waals surface area (Å²) in [5, 5.41) is 21.7. The summed E-state index contributed by atoms with van der Waals surface area (Å²) < 4.78 is 93.6. The molecule has 212 valence electrons. The van der Waals surface area contributed by atoms with E-state index in [1.807, 2.05) is 0 Å². The molecule has 0 aliphatic heterocycles. The van der Waals surface area contributed by atoms with Gasteiger partial charge >= 0.3 is 12.4 Å². The first-order valence-corrected chi connectivity index (χ1v) is 11.7. The van der Waals surface area contributed by atoms with Crippen LogP contribution in [-0.2, 0) is 12.4 Å². The van der Waals surface area contributed by atoms with E-state index in [0.717, 1.165) is 12.1 Å². The predicted molar refractivity (Wildman–Crippen MR) is 138 cm³/mol. The SMILES string of the molecule is N#CNc1ccc(Oc2ccccc2C(=O)c2ccccc2Oc2ccc(NC#N)cc2C(F)(F)F)c(C(F)(F)F)c1. The van der Waals surface area contributed by atoms with Crippen molar-refractivity contribution in [1.29, 1.82) is 10.5 Å². The van der Waals surface area contributed by atoms with Crippen LogP contribution in [0.25, 0.3) is 0 Å². The summed E-state index contributed by atoms with van der Waals surface area (Å²) in [4.78, 5) is 13.6. The van der Waals surface area contributed by atoms with Gasteiger partial charge in [0.05, 0.1) is 11.1 Å². The average molecular weight is 582 g/mol. The molecule has 2 N–H and O–H groups in total. The van der Waals surface area contributed by atoms with Crippen LogP contribution in [0.5, 0.6) is 23.0 Å². The summed E-state index contributed by atoms with van der Waals surface area (Å²) in [6.45, 7) is 0. The van der Waals surface area contributed by atoms with Gasteiger partial charge in [-0.2, -0.15) is 36.9 Å². The van der Waals surface area contributed by atoms with Crippen LogP contribution in [0.1, 0.15) is 27.0 Å². The number of hydrogen-bond donors (Lipinski definition) is 2. The highest BCUT2D eigenvalue weighted by molar-refractivity contribution is 6.12. The number of alkyl halides is 6. The highest BCUT2D eigenvalue weighted by atomic mass is 19.4. The lowest BCUT2D eigenvalue weighted by atomic mass is 10.0. The molecule has 7 nitrogen and oxygen atoms in total. The van der Waals surface area contributed by atoms with Gasteiger partial charge in [0, 0.05) is 11.4 Å². The summed E-state index contributed by atoms with van der Waals surface area (Å²) in [5.74, 6) is -2.67. The molecular formula is C29H16F6N4O3. The van der Waals surface area contributed by atoms with Crippen LogP contribution < -0.4 is 20.1 Å². The number of nitrogens with one attached hydrogen (secondary N) is 2. The Labute approximate surface area is 234 Å². The maximum absolute atomic E-state index is 13.8. The Hall–Kier alpha value is -5.69. The molecule has 0 heterocycles. The number of ether oxygens (including phenoxy) is 2. The molecule has 0 radical (unpaired) electrons. The van der Waals surface area contributed by atoms with Crippen molar-refractivity contribution in [1.82, 2.24) is 0 Å². The molecule has 0 fully saturated rings. The predicted octanol–water partition coefficient (Wildman–Crippen LogP) is 8.33. The number of ketones is 1. The second-order valence-corrected chi connectivity index (χ2v) is 8.42. The summed E-state index contributed by atoms with van der Waals surface area (Å²) in [5.41, 5.74) is -3.12. The quantitative estimate of drug-likeness (QED) is 0.0931. The first kappa shape index (κ1) is 29.3. The zero-order chi connectivity index (χ0) is 30.5. The van der Waals surface area contributed by atoms with Gasteiger partial charge in [0.15, 0.2) is 12.4 Å². The van der Waals surface area contributed by atoms with Crippen molar-refractivity contribution in [3.63, 3.8) is 0 Å². The molecule has 0 spiro atoms. The molecule has 4 aromatic rings. The minimum Gasteiger partial charge on any atom is -0.456 e. The molecule has 13 heteroatoms. The van der Waals surface area contributed by atoms with E-state index in [-0.39, 0.29) is 34.0 Å². The van der Waals surface area contributed by atoms with Gasteiger partial charge in [-0.3, -0.25) is 15.4 Å². The molecule has 42 heavy (non-hydrogen) atoms. The van der Waals surface area contributed by atoms with E-state index < -0.39 is 40.8 Å². The second-order valence-electron chi connectivity index (χ2n) is 8.42. The Morgan fingerprint density at radius 1 is 0.595 bits per heavy atom. The van der Waals surface area contributed by atoms with Gasteiger partial charge in [-0.25, -0.2) is 0 Å². The summed E-state index contributed by atoms with van der Waals surface area (Å²) >= 11 is 0. The Balaban J connectivity index is 1.73. The number of carbonyl (C=O) groups is 1. The van der Waals surface area contributed by atoms with Crippen molar-refractivity contribution in [2.75, 3.05) is 10.6 Å². The summed E-state index contributed by atoms with van der Waals surface area (Å²) in [7, 11) is 0. The van der Waals surface area contributed by atoms with E-state index >= 15 is 0 Å². The molecule has 0 aliphatic carbocycles. The van der Waals surface area contributed by atoms with Crippen molar-refractivity contribution < 1.29 is 40.6 Å². The molecule has 0 aliphatic rings. The fraction of sp³-hybridized carbons (Fsp3) is 0.0690. The molecule has 0 amide bonds. The van der Waals surface area contributed by atoms with Gasteiger partial charge in [-0.15, -0.1) is 0 Å². The van der Waals surface area contributed by atoms with E-state index in [0.29, 0.717) is 12.1 Å². The minimum absolute atomic E-state index is 0.137. The highest BCUT2D eigenvalue weighted by Gasteiger charge is 2.36. The van der Waals surface area contributed by atoms with E-state index in [2.05, 4.69) is 10.6 Å². The van der Waals surface area contributed by atoms with Crippen molar-refractivity contribution in [2.45, 2.75) is 12.4 Å². The molecule has 4 rings (SSSR count). The number of halogens is 6. The van der Waals surface area contributed by atoms with E-state index in [4.69, 9.17) is 20.0 Å². The van der Waals surface area contributed by atoms with E-state index in [1.165, 1.54) is 73.0 Å². The third-order valence-corrected chi connectivity index (χ3v) is 5.67. The second kappa shape index (κ2) is 11.8. The Morgan fingerprint density at radius 3 is 1.33 bits per heavy atom. The Morgan fingerprint density at radius 2 is 0.976 bits per heavy atom. The number of benzene rings is 4. The van der Waals surface area contributed by atoms with Crippen molar-refractivity contribution in [3.8, 4) is 35.4 Å². The van der Waals surface area contributed by atoms with Crippen LogP contribution in [0.15, 0.2) is 84.9 Å². The van der Waals surface area contributed by atoms with Crippen LogP contribution in [0.2, 0.25) is 0 Å². The zero-order valence-corrected chi connectivity index (χ0v) is 21.0. The first-order chi connectivity index (χ1) is 19.9. The van der Waals surface area contributed by atoms with Crippen LogP contribution in [-0.4, -0.2) is 5.78 Å². The molecule has 0 atom stereocenters. The average Bonchev–Trinajstić information content (AvgIpc) is 2.94. The van der Waals surface area contributed by atoms with Gasteiger partial charge in [-0.05, 0) is 60.7 Å². The van der Waals surface area contributed by atoms with Crippen molar-refractivity contribution >= 4 is 17.2 Å². The fourth-order valence-electron chi connectivity index (χ4n) is 3.83. The first-order valence-electron chi connectivity index (χ1n) is 11.7. The number of nitrogens with zero attached hydrogens (tertiary/aromatic N) is 2. The molecule has 0 aromatic heterocycles. The van der Waals surface area contributed by atoms with Gasteiger partial charge in [0.2, 0.25) is 5.78 Å². The number of hydrogen-bond acceptors (Lipinski definition) is 7. The maximum Gasteiger partial charge on any atom is 0.420 e. The van der Waals surface area contributed by atoms with Gasteiger partial charge < -0.3 is 9.47 Å². The third-order valence-electron chi connectivity index (χ3n) is 5.67. The van der Waals surface area contributed by atoms with Crippen LogP contribution in [0.4, 0.5) is 37.7 Å². The number of para-hydroxylation sites is 2. The molecular weight excluding hydrogens is 566 g/mol. The van der Waals surface area contributed by atoms with Gasteiger partial charge in [-0.1, -0.05) is 24.3 Å². The number of anilines is 2. The van der Waals surface area contributed by atoms with E-state index in [1.54, 1.807) is 0 Å². The highest BCUT2D eigenvalue weighted by Crippen LogP contribution is 2.42. The normalized spacial score (nSPS) is 11.1. The number of carbonyl (C=O) groups excluding carboxylic acids is 1. The molecule has 0 unspecified atom stereocenters. The smallest absolute Gasteiger partial charge is 0.420 e. The Kier molecular flexibility index (Phi) is 8.24. The lowest BCUT2D eigenvalue weighted by Crippen LogP contribution is -2.10. The van der Waals surface area contributed by atoms with Gasteiger partial charge in [0.25, 0.3) is 0 Å². The van der Waals surface area contributed by atoms with Gasteiger partial charge in [0.1, 0.15) is 34.1 Å². The van der Waals surface area contributed by atoms with Crippen LogP contribution in [0.3, 0.4) is 0 Å². The number of nitriles is 2. The topological polar surface area (TPSA) is 107 Å². The van der Waals surface area contributed by atoms with Crippen molar-refractivity contribution in [3.05, 3.63) is 107 Å². The molecule has 4 aromatic carbocycles. The van der Waals surface area contributed by atoms with E-state index in [9.17, 15) is 31.1 Å². The standard InChI is InChI=1S/C29H16F6N4O3/c30-28(31,32)21-13-17(38-15-36)9-11-25(21)41-23-7-3-1-5-19(23)27(40)20-6-2-4-8-24(20)42-26-12-10-18(39-16-37)14-22(26)29(33,34)35/h1-14,38-39H. The fourth-order valence-corrected chi connectivity index (χ4v) is 3.83. The van der Waals surface area contributed by atoms with Crippen LogP contribution >= 0.6 is 0 Å². The molecule has 0 saturated heterocycles. The van der Waals surface area contributed by atoms with Crippen LogP contribution in [0, 0.1) is 22.9 Å². The third kappa shape index (κ3) is 6.54. The monoisotopic (exact) mass is 582 g/mol. The maximum atomic E-state index is 13.8. The Bertz CT molecular complexity index is 1600. The zero-order valence-electron chi connectivity index (χ0n) is 21.0. The minimum atomic E-state index is -4.88. The summed E-state index contributed by atoms with van der Waals surface area (Å²) in [6, 6.07) is 16.4. The lowest BCUT2D eigenvalue weighted by molar-refractivity contribution is -0.139.